The third-order valence-electron chi connectivity index (χ3n) is 3.49. The van der Waals surface area contributed by atoms with Gasteiger partial charge in [-0.15, -0.1) is 0 Å². The topological polar surface area (TPSA) is 85.5 Å². The van der Waals surface area contributed by atoms with Crippen molar-refractivity contribution in [3.63, 3.8) is 0 Å². The third kappa shape index (κ3) is 5.88. The molecule has 0 saturated heterocycles. The maximum atomic E-state index is 12.4. The molecule has 0 saturated carbocycles. The van der Waals surface area contributed by atoms with Crippen molar-refractivity contribution in [3.8, 4) is 0 Å². The van der Waals surface area contributed by atoms with Gasteiger partial charge in [-0.2, -0.15) is 0 Å². The molecule has 23 heavy (non-hydrogen) atoms. The minimum absolute atomic E-state index is 0.0597. The highest BCUT2D eigenvalue weighted by atomic mass is 16.5. The van der Waals surface area contributed by atoms with Crippen LogP contribution in [0.15, 0.2) is 18.3 Å². The molecule has 128 valence electrons. The number of aromatic nitrogens is 1. The van der Waals surface area contributed by atoms with Gasteiger partial charge in [0.1, 0.15) is 5.82 Å². The number of pyridine rings is 1. The summed E-state index contributed by atoms with van der Waals surface area (Å²) in [7, 11) is 0. The summed E-state index contributed by atoms with van der Waals surface area (Å²) in [5.41, 5.74) is 6.42. The molecule has 1 aromatic rings. The number of anilines is 1. The average molecular weight is 321 g/mol. The van der Waals surface area contributed by atoms with Crippen molar-refractivity contribution >= 4 is 17.7 Å². The highest BCUT2D eigenvalue weighted by Crippen LogP contribution is 2.11. The Balaban J connectivity index is 2.52. The van der Waals surface area contributed by atoms with E-state index in [4.69, 9.17) is 10.5 Å². The molecule has 1 unspecified atom stereocenters. The lowest BCUT2D eigenvalue weighted by atomic mass is 10.1. The maximum Gasteiger partial charge on any atom is 0.306 e. The standard InChI is InChI=1S/C17H27N3O3/c1-11(2)20(12(3)4)17(22)13(5)23-16(21)9-7-14-6-8-15(18)19-10-14/h6,8,10-13H,7,9H2,1-5H3,(H2,18,19). The Bertz CT molecular complexity index is 518. The number of rotatable bonds is 7. The Labute approximate surface area is 138 Å². The van der Waals surface area contributed by atoms with E-state index < -0.39 is 12.1 Å². The predicted molar refractivity (Wildman–Crippen MR) is 89.6 cm³/mol. The van der Waals surface area contributed by atoms with Gasteiger partial charge in [0.25, 0.3) is 5.91 Å². The molecule has 0 aliphatic rings. The van der Waals surface area contributed by atoms with Crippen LogP contribution in [-0.2, 0) is 20.7 Å². The number of aryl methyl sites for hydroxylation is 1. The van der Waals surface area contributed by atoms with E-state index in [0.717, 1.165) is 5.56 Å². The van der Waals surface area contributed by atoms with Crippen molar-refractivity contribution < 1.29 is 14.3 Å². The molecule has 1 heterocycles. The van der Waals surface area contributed by atoms with Gasteiger partial charge < -0.3 is 15.4 Å². The SMILES string of the molecule is CC(OC(=O)CCc1ccc(N)nc1)C(=O)N(C(C)C)C(C)C. The normalized spacial score (nSPS) is 12.3. The molecule has 0 aliphatic carbocycles. The number of nitrogens with zero attached hydrogens (tertiary/aromatic N) is 2. The molecule has 2 N–H and O–H groups in total. The number of carbonyl (C=O) groups is 2. The van der Waals surface area contributed by atoms with Crippen LogP contribution in [0.2, 0.25) is 0 Å². The molecule has 0 bridgehead atoms. The zero-order chi connectivity index (χ0) is 17.6. The van der Waals surface area contributed by atoms with Gasteiger partial charge in [0.15, 0.2) is 6.10 Å². The minimum atomic E-state index is -0.781. The van der Waals surface area contributed by atoms with E-state index in [1.807, 2.05) is 33.8 Å². The molecule has 1 rings (SSSR count). The monoisotopic (exact) mass is 321 g/mol. The number of nitrogens with two attached hydrogens (primary N) is 1. The molecule has 6 nitrogen and oxygen atoms in total. The molecular formula is C17H27N3O3. The van der Waals surface area contributed by atoms with Crippen LogP contribution in [0.3, 0.4) is 0 Å². The van der Waals surface area contributed by atoms with Gasteiger partial charge in [0.05, 0.1) is 0 Å². The van der Waals surface area contributed by atoms with E-state index in [0.29, 0.717) is 12.2 Å². The summed E-state index contributed by atoms with van der Waals surface area (Å²) in [6.45, 7) is 9.39. The maximum absolute atomic E-state index is 12.4. The molecule has 1 aromatic heterocycles. The summed E-state index contributed by atoms with van der Waals surface area (Å²) < 4.78 is 5.26. The first-order valence-corrected chi connectivity index (χ1v) is 7.94. The Kier molecular flexibility index (Phi) is 7.00. The lowest BCUT2D eigenvalue weighted by molar-refractivity contribution is -0.161. The van der Waals surface area contributed by atoms with Gasteiger partial charge in [-0.25, -0.2) is 4.98 Å². The van der Waals surface area contributed by atoms with Gasteiger partial charge in [0, 0.05) is 24.7 Å². The number of ether oxygens (including phenoxy) is 1. The lowest BCUT2D eigenvalue weighted by Gasteiger charge is -2.32. The van der Waals surface area contributed by atoms with E-state index in [9.17, 15) is 9.59 Å². The summed E-state index contributed by atoms with van der Waals surface area (Å²) in [6.07, 6.45) is 1.56. The molecule has 1 atom stereocenters. The second-order valence-corrected chi connectivity index (χ2v) is 6.16. The molecule has 6 heteroatoms. The van der Waals surface area contributed by atoms with Gasteiger partial charge in [-0.05, 0) is 52.7 Å². The molecule has 0 fully saturated rings. The first kappa shape index (κ1) is 18.9. The third-order valence-corrected chi connectivity index (χ3v) is 3.49. The van der Waals surface area contributed by atoms with Gasteiger partial charge in [-0.1, -0.05) is 6.07 Å². The van der Waals surface area contributed by atoms with Crippen LogP contribution in [-0.4, -0.2) is 39.9 Å². The second-order valence-electron chi connectivity index (χ2n) is 6.16. The molecule has 0 aliphatic heterocycles. The van der Waals surface area contributed by atoms with E-state index in [2.05, 4.69) is 4.98 Å². The van der Waals surface area contributed by atoms with Crippen LogP contribution in [0.25, 0.3) is 0 Å². The second kappa shape index (κ2) is 8.50. The predicted octanol–water partition coefficient (Wildman–Crippen LogP) is 2.17. The molecule has 0 spiro atoms. The summed E-state index contributed by atoms with van der Waals surface area (Å²) >= 11 is 0. The van der Waals surface area contributed by atoms with Crippen molar-refractivity contribution in [2.45, 2.75) is 65.6 Å². The van der Waals surface area contributed by atoms with Crippen LogP contribution >= 0.6 is 0 Å². The van der Waals surface area contributed by atoms with Crippen molar-refractivity contribution in [2.24, 2.45) is 0 Å². The van der Waals surface area contributed by atoms with Crippen LogP contribution in [0.5, 0.6) is 0 Å². The first-order valence-electron chi connectivity index (χ1n) is 7.94. The van der Waals surface area contributed by atoms with Crippen molar-refractivity contribution in [2.75, 3.05) is 5.73 Å². The number of nitrogen functional groups attached to an aromatic ring is 1. The van der Waals surface area contributed by atoms with Crippen LogP contribution in [0.4, 0.5) is 5.82 Å². The smallest absolute Gasteiger partial charge is 0.306 e. The fourth-order valence-corrected chi connectivity index (χ4v) is 2.45. The summed E-state index contributed by atoms with van der Waals surface area (Å²) in [6, 6.07) is 3.63. The number of hydrogen-bond acceptors (Lipinski definition) is 5. The summed E-state index contributed by atoms with van der Waals surface area (Å²) in [5, 5.41) is 0. The highest BCUT2D eigenvalue weighted by molar-refractivity contribution is 5.84. The Morgan fingerprint density at radius 1 is 1.17 bits per heavy atom. The number of esters is 1. The van der Waals surface area contributed by atoms with E-state index in [-0.39, 0.29) is 24.4 Å². The van der Waals surface area contributed by atoms with Crippen LogP contribution in [0, 0.1) is 0 Å². The van der Waals surface area contributed by atoms with E-state index >= 15 is 0 Å². The van der Waals surface area contributed by atoms with Crippen LogP contribution < -0.4 is 5.73 Å². The lowest BCUT2D eigenvalue weighted by Crippen LogP contribution is -2.47. The quantitative estimate of drug-likeness (QED) is 0.778. The highest BCUT2D eigenvalue weighted by Gasteiger charge is 2.27. The zero-order valence-electron chi connectivity index (χ0n) is 14.6. The van der Waals surface area contributed by atoms with E-state index in [1.54, 1.807) is 24.1 Å². The zero-order valence-corrected chi connectivity index (χ0v) is 14.6. The number of amides is 1. The van der Waals surface area contributed by atoms with E-state index in [1.165, 1.54) is 0 Å². The number of carbonyl (C=O) groups excluding carboxylic acids is 2. The fraction of sp³-hybridized carbons (Fsp3) is 0.588. The number of hydrogen-bond donors (Lipinski definition) is 1. The van der Waals surface area contributed by atoms with Crippen LogP contribution in [0.1, 0.15) is 46.6 Å². The minimum Gasteiger partial charge on any atom is -0.453 e. The Morgan fingerprint density at radius 3 is 2.26 bits per heavy atom. The van der Waals surface area contributed by atoms with Gasteiger partial charge in [-0.3, -0.25) is 9.59 Å². The summed E-state index contributed by atoms with van der Waals surface area (Å²) in [5.74, 6) is -0.120. The molecule has 1 amide bonds. The Hall–Kier alpha value is -2.11. The molecule has 0 aromatic carbocycles. The largest absolute Gasteiger partial charge is 0.453 e. The average Bonchev–Trinajstić information content (AvgIpc) is 2.45. The molecular weight excluding hydrogens is 294 g/mol. The Morgan fingerprint density at radius 2 is 1.78 bits per heavy atom. The fourth-order valence-electron chi connectivity index (χ4n) is 2.45. The molecule has 0 radical (unpaired) electrons. The first-order chi connectivity index (χ1) is 10.7. The van der Waals surface area contributed by atoms with Crippen molar-refractivity contribution in [1.29, 1.82) is 0 Å². The van der Waals surface area contributed by atoms with Gasteiger partial charge in [0.2, 0.25) is 0 Å². The summed E-state index contributed by atoms with van der Waals surface area (Å²) in [4.78, 5) is 30.0. The van der Waals surface area contributed by atoms with Crippen molar-refractivity contribution in [3.05, 3.63) is 23.9 Å². The van der Waals surface area contributed by atoms with Crippen molar-refractivity contribution in [1.82, 2.24) is 9.88 Å². The van der Waals surface area contributed by atoms with Gasteiger partial charge >= 0.3 is 5.97 Å².